The minimum atomic E-state index is 0.175. The lowest BCUT2D eigenvalue weighted by atomic mass is 9.88. The Hall–Kier alpha value is -2.87. The lowest BCUT2D eigenvalue weighted by molar-refractivity contribution is -0.118. The van der Waals surface area contributed by atoms with Crippen molar-refractivity contribution in [3.05, 3.63) is 96.6 Å². The van der Waals surface area contributed by atoms with E-state index in [-0.39, 0.29) is 5.91 Å². The van der Waals surface area contributed by atoms with Gasteiger partial charge in [-0.2, -0.15) is 0 Å². The molecule has 0 spiro atoms. The summed E-state index contributed by atoms with van der Waals surface area (Å²) in [7, 11) is 0. The van der Waals surface area contributed by atoms with Crippen molar-refractivity contribution in [3.8, 4) is 0 Å². The molecular weight excluding hydrogens is 378 g/mol. The molecule has 0 aliphatic carbocycles. The van der Waals surface area contributed by atoms with Gasteiger partial charge in [-0.1, -0.05) is 87.0 Å². The highest BCUT2D eigenvalue weighted by Gasteiger charge is 2.20. The van der Waals surface area contributed by atoms with E-state index in [0.717, 1.165) is 24.2 Å². The second-order valence-corrected chi connectivity index (χ2v) is 8.81. The molecule has 0 radical (unpaired) electrons. The van der Waals surface area contributed by atoms with Gasteiger partial charge >= 0.3 is 0 Å². The number of rotatable bonds is 11. The van der Waals surface area contributed by atoms with Crippen molar-refractivity contribution in [2.75, 3.05) is 4.90 Å². The number of carbonyl (C=O) groups excluding carboxylic acids is 1. The molecule has 0 aliphatic rings. The van der Waals surface area contributed by atoms with Crippen LogP contribution in [-0.2, 0) is 11.2 Å². The van der Waals surface area contributed by atoms with Crippen molar-refractivity contribution in [1.29, 1.82) is 0 Å². The fourth-order valence-corrected chi connectivity index (χ4v) is 4.32. The molecule has 0 bridgehead atoms. The van der Waals surface area contributed by atoms with Crippen LogP contribution >= 0.6 is 0 Å². The van der Waals surface area contributed by atoms with Crippen LogP contribution in [0.3, 0.4) is 0 Å². The van der Waals surface area contributed by atoms with E-state index < -0.39 is 0 Å². The summed E-state index contributed by atoms with van der Waals surface area (Å²) in [5, 5.41) is 0. The molecule has 0 fully saturated rings. The number of anilines is 2. The van der Waals surface area contributed by atoms with E-state index in [1.807, 2.05) is 65.6 Å². The molecule has 0 heterocycles. The number of hydrogen-bond acceptors (Lipinski definition) is 1. The predicted octanol–water partition coefficient (Wildman–Crippen LogP) is 7.82. The SMILES string of the molecule is CC(C)C[C@@H](CCCc1ccccc1)CCC(=O)N(c1ccccc1)c1ccccc1. The van der Waals surface area contributed by atoms with E-state index >= 15 is 0 Å². The topological polar surface area (TPSA) is 20.3 Å². The molecular formula is C29H35NO. The van der Waals surface area contributed by atoms with E-state index in [0.29, 0.717) is 18.3 Å². The lowest BCUT2D eigenvalue weighted by Gasteiger charge is -2.25. The van der Waals surface area contributed by atoms with E-state index in [1.54, 1.807) is 0 Å². The third kappa shape index (κ3) is 7.40. The van der Waals surface area contributed by atoms with Gasteiger partial charge in [-0.3, -0.25) is 9.69 Å². The Morgan fingerprint density at radius 2 is 1.26 bits per heavy atom. The number of benzene rings is 3. The molecule has 0 aliphatic heterocycles. The maximum Gasteiger partial charge on any atom is 0.231 e. The molecule has 0 aromatic heterocycles. The number of aryl methyl sites for hydroxylation is 1. The molecule has 0 unspecified atom stereocenters. The number of carbonyl (C=O) groups is 1. The van der Waals surface area contributed by atoms with Gasteiger partial charge in [-0.25, -0.2) is 0 Å². The Balaban J connectivity index is 1.63. The number of para-hydroxylation sites is 2. The number of nitrogens with zero attached hydrogens (tertiary/aromatic N) is 1. The largest absolute Gasteiger partial charge is 0.281 e. The monoisotopic (exact) mass is 413 g/mol. The summed E-state index contributed by atoms with van der Waals surface area (Å²) in [5.74, 6) is 1.41. The van der Waals surface area contributed by atoms with Crippen LogP contribution in [0.15, 0.2) is 91.0 Å². The van der Waals surface area contributed by atoms with Gasteiger partial charge in [0.2, 0.25) is 5.91 Å². The number of amides is 1. The first-order valence-corrected chi connectivity index (χ1v) is 11.6. The fraction of sp³-hybridized carbons (Fsp3) is 0.345. The van der Waals surface area contributed by atoms with Crippen molar-refractivity contribution in [3.63, 3.8) is 0 Å². The van der Waals surface area contributed by atoms with Crippen LogP contribution in [0.5, 0.6) is 0 Å². The van der Waals surface area contributed by atoms with Crippen LogP contribution in [0.2, 0.25) is 0 Å². The molecule has 3 aromatic carbocycles. The standard InChI is InChI=1S/C29H35NO/c1-24(2)23-26(16-12-15-25-13-6-3-7-14-25)21-22-29(31)30(27-17-8-4-9-18-27)28-19-10-5-11-20-28/h3-11,13-14,17-20,24,26H,12,15-16,21-23H2,1-2H3/t26-/m0/s1. The molecule has 3 rings (SSSR count). The molecule has 31 heavy (non-hydrogen) atoms. The highest BCUT2D eigenvalue weighted by molar-refractivity contribution is 6.00. The summed E-state index contributed by atoms with van der Waals surface area (Å²) >= 11 is 0. The second-order valence-electron chi connectivity index (χ2n) is 8.81. The van der Waals surface area contributed by atoms with Gasteiger partial charge < -0.3 is 0 Å². The first-order chi connectivity index (χ1) is 15.1. The van der Waals surface area contributed by atoms with Crippen LogP contribution in [0.4, 0.5) is 11.4 Å². The van der Waals surface area contributed by atoms with Crippen LogP contribution in [0.25, 0.3) is 0 Å². The third-order valence-corrected chi connectivity index (χ3v) is 5.77. The van der Waals surface area contributed by atoms with E-state index in [9.17, 15) is 4.79 Å². The zero-order chi connectivity index (χ0) is 21.9. The normalized spacial score (nSPS) is 12.0. The summed E-state index contributed by atoms with van der Waals surface area (Å²) < 4.78 is 0. The predicted molar refractivity (Wildman–Crippen MR) is 132 cm³/mol. The summed E-state index contributed by atoms with van der Waals surface area (Å²) in [5.41, 5.74) is 3.27. The quantitative estimate of drug-likeness (QED) is 0.314. The molecule has 3 aromatic rings. The van der Waals surface area contributed by atoms with Gasteiger partial charge in [-0.15, -0.1) is 0 Å². The summed E-state index contributed by atoms with van der Waals surface area (Å²) in [6.45, 7) is 4.57. The fourth-order valence-electron chi connectivity index (χ4n) is 4.32. The van der Waals surface area contributed by atoms with Crippen molar-refractivity contribution in [2.24, 2.45) is 11.8 Å². The summed E-state index contributed by atoms with van der Waals surface area (Å²) in [6, 6.07) is 30.7. The van der Waals surface area contributed by atoms with E-state index in [2.05, 4.69) is 44.2 Å². The van der Waals surface area contributed by atoms with Gasteiger partial charge in [0.15, 0.2) is 0 Å². The van der Waals surface area contributed by atoms with Gasteiger partial charge in [0.1, 0.15) is 0 Å². The van der Waals surface area contributed by atoms with Gasteiger partial charge in [-0.05, 0) is 67.3 Å². The third-order valence-electron chi connectivity index (χ3n) is 5.77. The van der Waals surface area contributed by atoms with E-state index in [1.165, 1.54) is 24.8 Å². The Morgan fingerprint density at radius 1 is 0.742 bits per heavy atom. The minimum absolute atomic E-state index is 0.175. The van der Waals surface area contributed by atoms with Crippen LogP contribution < -0.4 is 4.90 Å². The Bertz CT molecular complexity index is 850. The maximum atomic E-state index is 13.4. The van der Waals surface area contributed by atoms with E-state index in [4.69, 9.17) is 0 Å². The molecule has 162 valence electrons. The summed E-state index contributed by atoms with van der Waals surface area (Å²) in [4.78, 5) is 15.2. The molecule has 2 nitrogen and oxygen atoms in total. The minimum Gasteiger partial charge on any atom is -0.281 e. The molecule has 0 saturated heterocycles. The summed E-state index contributed by atoms with van der Waals surface area (Å²) in [6.07, 6.45) is 6.17. The number of hydrogen-bond donors (Lipinski definition) is 0. The van der Waals surface area contributed by atoms with Crippen molar-refractivity contribution in [1.82, 2.24) is 0 Å². The van der Waals surface area contributed by atoms with Crippen LogP contribution in [0.1, 0.15) is 51.5 Å². The Labute approximate surface area is 187 Å². The maximum absolute atomic E-state index is 13.4. The lowest BCUT2D eigenvalue weighted by Crippen LogP contribution is -2.26. The van der Waals surface area contributed by atoms with Crippen molar-refractivity contribution < 1.29 is 4.79 Å². The Kier molecular flexibility index (Phi) is 8.90. The molecule has 2 heteroatoms. The zero-order valence-corrected chi connectivity index (χ0v) is 18.9. The molecule has 1 amide bonds. The van der Waals surface area contributed by atoms with Crippen molar-refractivity contribution >= 4 is 17.3 Å². The molecule has 0 saturated carbocycles. The average molecular weight is 414 g/mol. The van der Waals surface area contributed by atoms with Gasteiger partial charge in [0, 0.05) is 17.8 Å². The Morgan fingerprint density at radius 3 is 1.77 bits per heavy atom. The highest BCUT2D eigenvalue weighted by atomic mass is 16.2. The smallest absolute Gasteiger partial charge is 0.231 e. The van der Waals surface area contributed by atoms with Crippen LogP contribution in [-0.4, -0.2) is 5.91 Å². The van der Waals surface area contributed by atoms with Crippen molar-refractivity contribution in [2.45, 2.75) is 52.4 Å². The second kappa shape index (κ2) is 12.1. The highest BCUT2D eigenvalue weighted by Crippen LogP contribution is 2.29. The van der Waals surface area contributed by atoms with Gasteiger partial charge in [0.25, 0.3) is 0 Å². The molecule has 0 N–H and O–H groups in total. The first-order valence-electron chi connectivity index (χ1n) is 11.6. The van der Waals surface area contributed by atoms with Crippen LogP contribution in [0, 0.1) is 11.8 Å². The zero-order valence-electron chi connectivity index (χ0n) is 18.9. The molecule has 1 atom stereocenters. The average Bonchev–Trinajstić information content (AvgIpc) is 2.79. The first kappa shape index (κ1) is 22.8. The van der Waals surface area contributed by atoms with Gasteiger partial charge in [0.05, 0.1) is 0 Å².